The van der Waals surface area contributed by atoms with Gasteiger partial charge >= 0.3 is 0 Å². The molecule has 0 unspecified atom stereocenters. The Hall–Kier alpha value is -2.80. The average molecular weight is 423 g/mol. The molecule has 1 fully saturated rings. The second-order valence-electron chi connectivity index (χ2n) is 7.56. The molecule has 7 heteroatoms. The van der Waals surface area contributed by atoms with Crippen LogP contribution in [0.4, 0.5) is 0 Å². The molecule has 4 rings (SSSR count). The second-order valence-corrected chi connectivity index (χ2v) is 8.50. The predicted octanol–water partition coefficient (Wildman–Crippen LogP) is 4.29. The van der Waals surface area contributed by atoms with Gasteiger partial charge in [-0.05, 0) is 55.2 Å². The monoisotopic (exact) mass is 422 g/mol. The number of carbonyl (C=O) groups is 1. The van der Waals surface area contributed by atoms with Crippen molar-refractivity contribution in [3.8, 4) is 22.8 Å². The Morgan fingerprint density at radius 3 is 2.43 bits per heavy atom. The number of nitrogens with zero attached hydrogens (tertiary/aromatic N) is 4. The number of likely N-dealkylation sites (tertiary alicyclic amines) is 1. The number of aromatic nitrogens is 3. The summed E-state index contributed by atoms with van der Waals surface area (Å²) in [4.78, 5) is 14.7. The maximum atomic E-state index is 12.7. The van der Waals surface area contributed by atoms with Gasteiger partial charge in [0.2, 0.25) is 5.91 Å². The highest BCUT2D eigenvalue weighted by atomic mass is 32.2. The van der Waals surface area contributed by atoms with Crippen molar-refractivity contribution in [3.05, 3.63) is 54.6 Å². The lowest BCUT2D eigenvalue weighted by atomic mass is 9.99. The SMILES string of the molecule is COc1ccc(-c2nnc(SCC(=O)N3CCC(C)CC3)n2-c2ccccc2)cc1. The first-order valence-electron chi connectivity index (χ1n) is 10.2. The smallest absolute Gasteiger partial charge is 0.233 e. The maximum absolute atomic E-state index is 12.7. The van der Waals surface area contributed by atoms with Crippen LogP contribution in [0, 0.1) is 5.92 Å². The van der Waals surface area contributed by atoms with E-state index in [9.17, 15) is 4.79 Å². The third-order valence-electron chi connectivity index (χ3n) is 5.46. The van der Waals surface area contributed by atoms with Crippen molar-refractivity contribution in [1.82, 2.24) is 19.7 Å². The summed E-state index contributed by atoms with van der Waals surface area (Å²) < 4.78 is 7.28. The van der Waals surface area contributed by atoms with E-state index in [0.717, 1.165) is 48.8 Å². The van der Waals surface area contributed by atoms with Gasteiger partial charge in [-0.2, -0.15) is 0 Å². The molecule has 1 saturated heterocycles. The first kappa shape index (κ1) is 20.5. The largest absolute Gasteiger partial charge is 0.497 e. The molecule has 0 bridgehead atoms. The van der Waals surface area contributed by atoms with E-state index in [1.165, 1.54) is 11.8 Å². The summed E-state index contributed by atoms with van der Waals surface area (Å²) in [5.41, 5.74) is 1.91. The normalized spacial score (nSPS) is 14.7. The molecule has 2 heterocycles. The van der Waals surface area contributed by atoms with Gasteiger partial charge in [0.1, 0.15) is 5.75 Å². The highest BCUT2D eigenvalue weighted by Gasteiger charge is 2.22. The molecule has 3 aromatic rings. The van der Waals surface area contributed by atoms with Crippen LogP contribution in [0.25, 0.3) is 17.1 Å². The van der Waals surface area contributed by atoms with Gasteiger partial charge in [0, 0.05) is 24.3 Å². The predicted molar refractivity (Wildman–Crippen MR) is 119 cm³/mol. The topological polar surface area (TPSA) is 60.3 Å². The summed E-state index contributed by atoms with van der Waals surface area (Å²) in [6, 6.07) is 17.8. The first-order chi connectivity index (χ1) is 14.7. The van der Waals surface area contributed by atoms with E-state index in [4.69, 9.17) is 4.74 Å². The summed E-state index contributed by atoms with van der Waals surface area (Å²) in [6.45, 7) is 3.95. The van der Waals surface area contributed by atoms with Gasteiger partial charge in [-0.1, -0.05) is 36.9 Å². The van der Waals surface area contributed by atoms with Gasteiger partial charge < -0.3 is 9.64 Å². The van der Waals surface area contributed by atoms with Crippen LogP contribution in [0.1, 0.15) is 19.8 Å². The molecule has 30 heavy (non-hydrogen) atoms. The number of benzene rings is 2. The lowest BCUT2D eigenvalue weighted by Gasteiger charge is -2.30. The third-order valence-corrected chi connectivity index (χ3v) is 6.37. The molecule has 2 aromatic carbocycles. The van der Waals surface area contributed by atoms with Gasteiger partial charge in [-0.25, -0.2) is 0 Å². The van der Waals surface area contributed by atoms with Crippen LogP contribution in [-0.2, 0) is 4.79 Å². The van der Waals surface area contributed by atoms with Crippen molar-refractivity contribution in [3.63, 3.8) is 0 Å². The molecule has 6 nitrogen and oxygen atoms in total. The van der Waals surface area contributed by atoms with Crippen molar-refractivity contribution < 1.29 is 9.53 Å². The van der Waals surface area contributed by atoms with Crippen LogP contribution in [0.15, 0.2) is 59.8 Å². The van der Waals surface area contributed by atoms with E-state index < -0.39 is 0 Å². The number of thioether (sulfide) groups is 1. The molecule has 1 amide bonds. The Kier molecular flexibility index (Phi) is 6.38. The van der Waals surface area contributed by atoms with Crippen LogP contribution in [0.3, 0.4) is 0 Å². The zero-order valence-electron chi connectivity index (χ0n) is 17.3. The van der Waals surface area contributed by atoms with E-state index in [0.29, 0.717) is 16.8 Å². The molecule has 1 aliphatic heterocycles. The van der Waals surface area contributed by atoms with Gasteiger partial charge in [0.05, 0.1) is 12.9 Å². The van der Waals surface area contributed by atoms with E-state index in [1.807, 2.05) is 64.1 Å². The van der Waals surface area contributed by atoms with E-state index in [1.54, 1.807) is 7.11 Å². The van der Waals surface area contributed by atoms with Crippen molar-refractivity contribution in [2.45, 2.75) is 24.9 Å². The highest BCUT2D eigenvalue weighted by molar-refractivity contribution is 7.99. The van der Waals surface area contributed by atoms with Crippen molar-refractivity contribution >= 4 is 17.7 Å². The first-order valence-corrected chi connectivity index (χ1v) is 11.2. The fraction of sp³-hybridized carbons (Fsp3) is 0.348. The molecule has 0 N–H and O–H groups in total. The summed E-state index contributed by atoms with van der Waals surface area (Å²) in [5.74, 6) is 2.77. The van der Waals surface area contributed by atoms with Crippen LogP contribution < -0.4 is 4.74 Å². The Morgan fingerprint density at radius 1 is 1.07 bits per heavy atom. The van der Waals surface area contributed by atoms with Gasteiger partial charge in [0.15, 0.2) is 11.0 Å². The molecule has 156 valence electrons. The maximum Gasteiger partial charge on any atom is 0.233 e. The fourth-order valence-electron chi connectivity index (χ4n) is 3.58. The Bertz CT molecular complexity index is 980. The summed E-state index contributed by atoms with van der Waals surface area (Å²) in [5, 5.41) is 9.57. The average Bonchev–Trinajstić information content (AvgIpc) is 3.22. The standard InChI is InChI=1S/C23H26N4O2S/c1-17-12-14-26(15-13-17)21(28)16-30-23-25-24-22(18-8-10-20(29-2)11-9-18)27(23)19-6-4-3-5-7-19/h3-11,17H,12-16H2,1-2H3. The lowest BCUT2D eigenvalue weighted by Crippen LogP contribution is -2.38. The van der Waals surface area contributed by atoms with Crippen LogP contribution in [-0.4, -0.2) is 51.5 Å². The molecule has 0 spiro atoms. The second kappa shape index (κ2) is 9.34. The number of methoxy groups -OCH3 is 1. The molecule has 1 aromatic heterocycles. The van der Waals surface area contributed by atoms with E-state index in [-0.39, 0.29) is 5.91 Å². The minimum absolute atomic E-state index is 0.167. The fourth-order valence-corrected chi connectivity index (χ4v) is 4.43. The van der Waals surface area contributed by atoms with Crippen LogP contribution in [0.5, 0.6) is 5.75 Å². The Labute approximate surface area is 181 Å². The molecule has 0 aliphatic carbocycles. The lowest BCUT2D eigenvalue weighted by molar-refractivity contribution is -0.129. The quantitative estimate of drug-likeness (QED) is 0.555. The van der Waals surface area contributed by atoms with Crippen molar-refractivity contribution in [2.24, 2.45) is 5.92 Å². The molecular weight excluding hydrogens is 396 g/mol. The van der Waals surface area contributed by atoms with Crippen LogP contribution in [0.2, 0.25) is 0 Å². The van der Waals surface area contributed by atoms with Gasteiger partial charge in [-0.15, -0.1) is 10.2 Å². The number of carbonyl (C=O) groups excluding carboxylic acids is 1. The van der Waals surface area contributed by atoms with Crippen molar-refractivity contribution in [1.29, 1.82) is 0 Å². The minimum atomic E-state index is 0.167. The molecule has 0 saturated carbocycles. The number of piperidine rings is 1. The van der Waals surface area contributed by atoms with Gasteiger partial charge in [-0.3, -0.25) is 9.36 Å². The third kappa shape index (κ3) is 4.51. The number of amides is 1. The number of hydrogen-bond acceptors (Lipinski definition) is 5. The summed E-state index contributed by atoms with van der Waals surface area (Å²) in [6.07, 6.45) is 2.16. The number of para-hydroxylation sites is 1. The van der Waals surface area contributed by atoms with Crippen LogP contribution >= 0.6 is 11.8 Å². The summed E-state index contributed by atoms with van der Waals surface area (Å²) in [7, 11) is 1.65. The zero-order chi connectivity index (χ0) is 20.9. The molecular formula is C23H26N4O2S. The molecule has 0 atom stereocenters. The Morgan fingerprint density at radius 2 is 1.77 bits per heavy atom. The van der Waals surface area contributed by atoms with E-state index >= 15 is 0 Å². The highest BCUT2D eigenvalue weighted by Crippen LogP contribution is 2.29. The number of hydrogen-bond donors (Lipinski definition) is 0. The molecule has 1 aliphatic rings. The zero-order valence-corrected chi connectivity index (χ0v) is 18.1. The minimum Gasteiger partial charge on any atom is -0.497 e. The summed E-state index contributed by atoms with van der Waals surface area (Å²) >= 11 is 1.44. The van der Waals surface area contributed by atoms with E-state index in [2.05, 4.69) is 17.1 Å². The Balaban J connectivity index is 1.58. The molecule has 0 radical (unpaired) electrons. The van der Waals surface area contributed by atoms with Crippen molar-refractivity contribution in [2.75, 3.05) is 26.0 Å². The number of rotatable bonds is 6. The number of ether oxygens (including phenoxy) is 1. The van der Waals surface area contributed by atoms with Gasteiger partial charge in [0.25, 0.3) is 0 Å².